The summed E-state index contributed by atoms with van der Waals surface area (Å²) in [5.74, 6) is 0.641. The first-order valence-corrected chi connectivity index (χ1v) is 7.07. The minimum atomic E-state index is -0.147. The molecule has 1 aliphatic carbocycles. The molecule has 0 spiro atoms. The van der Waals surface area contributed by atoms with Gasteiger partial charge in [0.2, 0.25) is 0 Å². The van der Waals surface area contributed by atoms with Gasteiger partial charge in [0.25, 0.3) is 0 Å². The number of benzene rings is 1. The summed E-state index contributed by atoms with van der Waals surface area (Å²) in [7, 11) is 1.64. The molecule has 1 unspecified atom stereocenters. The number of nitrogens with zero attached hydrogens (tertiary/aromatic N) is 1. The predicted octanol–water partition coefficient (Wildman–Crippen LogP) is 2.59. The topological polar surface area (TPSA) is 38.5 Å². The first-order valence-electron chi connectivity index (χ1n) is 7.07. The van der Waals surface area contributed by atoms with Crippen LogP contribution in [0.4, 0.5) is 4.39 Å². The maximum absolute atomic E-state index is 14.2. The summed E-state index contributed by atoms with van der Waals surface area (Å²) < 4.78 is 19.5. The second-order valence-electron chi connectivity index (χ2n) is 5.50. The van der Waals surface area contributed by atoms with Crippen molar-refractivity contribution in [3.8, 4) is 5.75 Å². The van der Waals surface area contributed by atoms with Gasteiger partial charge in [0.05, 0.1) is 13.2 Å². The average molecular weight is 264 g/mol. The molecule has 1 aromatic rings. The van der Waals surface area contributed by atoms with Crippen molar-refractivity contribution in [3.63, 3.8) is 0 Å². The highest BCUT2D eigenvalue weighted by molar-refractivity contribution is 5.46. The van der Waals surface area contributed by atoms with Gasteiger partial charge in [0.1, 0.15) is 11.6 Å². The van der Waals surface area contributed by atoms with E-state index in [0.29, 0.717) is 12.6 Å². The van der Waals surface area contributed by atoms with E-state index >= 15 is 0 Å². The molecule has 0 radical (unpaired) electrons. The lowest BCUT2D eigenvalue weighted by Gasteiger charge is -2.29. The highest BCUT2D eigenvalue weighted by Gasteiger charge is 2.38. The first-order chi connectivity index (χ1) is 9.26. The maximum atomic E-state index is 14.2. The number of hydrogen-bond donors (Lipinski definition) is 1. The van der Waals surface area contributed by atoms with Crippen LogP contribution in [0.5, 0.6) is 5.75 Å². The molecular formula is C15H21FN2O. The molecular weight excluding hydrogens is 243 g/mol. The van der Waals surface area contributed by atoms with Crippen LogP contribution in [-0.2, 0) is 6.54 Å². The van der Waals surface area contributed by atoms with Crippen molar-refractivity contribution in [1.29, 1.82) is 0 Å². The molecule has 1 atom stereocenters. The Morgan fingerprint density at radius 2 is 2.11 bits per heavy atom. The summed E-state index contributed by atoms with van der Waals surface area (Å²) in [4.78, 5) is 2.38. The summed E-state index contributed by atoms with van der Waals surface area (Å²) in [6.45, 7) is 1.23. The number of fused-ring (bicyclic) bond motifs is 1. The van der Waals surface area contributed by atoms with Crippen LogP contribution in [0.1, 0.15) is 42.9 Å². The van der Waals surface area contributed by atoms with Gasteiger partial charge in [-0.15, -0.1) is 0 Å². The van der Waals surface area contributed by atoms with Gasteiger partial charge < -0.3 is 10.5 Å². The molecule has 19 heavy (non-hydrogen) atoms. The Kier molecular flexibility index (Phi) is 3.46. The largest absolute Gasteiger partial charge is 0.496 e. The van der Waals surface area contributed by atoms with E-state index in [1.807, 2.05) is 0 Å². The maximum Gasteiger partial charge on any atom is 0.128 e. The van der Waals surface area contributed by atoms with Gasteiger partial charge in [-0.25, -0.2) is 4.39 Å². The number of nitrogens with two attached hydrogens (primary N) is 1. The van der Waals surface area contributed by atoms with E-state index in [1.54, 1.807) is 13.2 Å². The molecule has 1 saturated carbocycles. The Morgan fingerprint density at radius 1 is 1.37 bits per heavy atom. The Bertz CT molecular complexity index is 471. The fraction of sp³-hybridized carbons (Fsp3) is 0.600. The summed E-state index contributed by atoms with van der Waals surface area (Å²) in [5, 5.41) is 0. The molecule has 2 aliphatic rings. The van der Waals surface area contributed by atoms with Crippen LogP contribution in [0.25, 0.3) is 0 Å². The predicted molar refractivity (Wildman–Crippen MR) is 72.5 cm³/mol. The highest BCUT2D eigenvalue weighted by atomic mass is 19.1. The Hall–Kier alpha value is -1.13. The van der Waals surface area contributed by atoms with Gasteiger partial charge in [-0.05, 0) is 25.0 Å². The van der Waals surface area contributed by atoms with Gasteiger partial charge in [0.15, 0.2) is 0 Å². The van der Waals surface area contributed by atoms with Crippen LogP contribution >= 0.6 is 0 Å². The Labute approximate surface area is 113 Å². The van der Waals surface area contributed by atoms with E-state index in [0.717, 1.165) is 23.4 Å². The Balaban J connectivity index is 1.99. The second kappa shape index (κ2) is 5.10. The summed E-state index contributed by atoms with van der Waals surface area (Å²) >= 11 is 0. The average Bonchev–Trinajstić information content (AvgIpc) is 3.06. The quantitative estimate of drug-likeness (QED) is 0.912. The molecule has 2 N–H and O–H groups in total. The highest BCUT2D eigenvalue weighted by Crippen LogP contribution is 2.43. The second-order valence-corrected chi connectivity index (χ2v) is 5.50. The van der Waals surface area contributed by atoms with Crippen LogP contribution in [0.2, 0.25) is 0 Å². The molecule has 1 aliphatic heterocycles. The summed E-state index contributed by atoms with van der Waals surface area (Å²) in [6, 6.07) is 3.77. The van der Waals surface area contributed by atoms with E-state index in [-0.39, 0.29) is 11.9 Å². The van der Waals surface area contributed by atoms with E-state index in [4.69, 9.17) is 10.5 Å². The monoisotopic (exact) mass is 264 g/mol. The third-order valence-electron chi connectivity index (χ3n) is 4.57. The van der Waals surface area contributed by atoms with Gasteiger partial charge in [0, 0.05) is 30.3 Å². The normalized spacial score (nSPS) is 23.8. The van der Waals surface area contributed by atoms with E-state index in [2.05, 4.69) is 4.90 Å². The molecule has 4 heteroatoms. The van der Waals surface area contributed by atoms with Crippen LogP contribution in [0, 0.1) is 5.82 Å². The van der Waals surface area contributed by atoms with Gasteiger partial charge in [-0.2, -0.15) is 0 Å². The molecule has 0 aromatic heterocycles. The third kappa shape index (κ3) is 2.03. The van der Waals surface area contributed by atoms with Gasteiger partial charge in [-0.1, -0.05) is 12.8 Å². The minimum Gasteiger partial charge on any atom is -0.496 e. The van der Waals surface area contributed by atoms with E-state index < -0.39 is 0 Å². The smallest absolute Gasteiger partial charge is 0.128 e. The molecule has 1 aromatic carbocycles. The van der Waals surface area contributed by atoms with Crippen molar-refractivity contribution >= 4 is 0 Å². The van der Waals surface area contributed by atoms with Crippen LogP contribution in [0.15, 0.2) is 12.1 Å². The molecule has 0 bridgehead atoms. The van der Waals surface area contributed by atoms with Crippen molar-refractivity contribution < 1.29 is 9.13 Å². The Morgan fingerprint density at radius 3 is 2.74 bits per heavy atom. The number of hydrogen-bond acceptors (Lipinski definition) is 3. The number of halogens is 1. The van der Waals surface area contributed by atoms with Gasteiger partial charge >= 0.3 is 0 Å². The lowest BCUT2D eigenvalue weighted by atomic mass is 10.0. The van der Waals surface area contributed by atoms with E-state index in [1.165, 1.54) is 31.7 Å². The van der Waals surface area contributed by atoms with Crippen molar-refractivity contribution in [3.05, 3.63) is 29.1 Å². The molecule has 3 rings (SSSR count). The molecule has 3 nitrogen and oxygen atoms in total. The molecule has 1 heterocycles. The standard InChI is InChI=1S/C15H21FN2O/c1-19-14-7-6-12(16)15-11(14)9-18(13(15)8-17)10-4-2-3-5-10/h6-7,10,13H,2-5,8-9,17H2,1H3. The van der Waals surface area contributed by atoms with Crippen molar-refractivity contribution in [2.45, 2.75) is 44.3 Å². The number of ether oxygens (including phenoxy) is 1. The number of methoxy groups -OCH3 is 1. The van der Waals surface area contributed by atoms with E-state index in [9.17, 15) is 4.39 Å². The molecule has 0 amide bonds. The lowest BCUT2D eigenvalue weighted by Crippen LogP contribution is -2.35. The molecule has 0 saturated heterocycles. The van der Waals surface area contributed by atoms with Crippen LogP contribution in [0.3, 0.4) is 0 Å². The summed E-state index contributed by atoms with van der Waals surface area (Å²) in [6.07, 6.45) is 4.95. The van der Waals surface area contributed by atoms with Crippen molar-refractivity contribution in [2.24, 2.45) is 5.73 Å². The molecule has 104 valence electrons. The fourth-order valence-electron chi connectivity index (χ4n) is 3.66. The van der Waals surface area contributed by atoms with Crippen molar-refractivity contribution in [1.82, 2.24) is 4.90 Å². The SMILES string of the molecule is COc1ccc(F)c2c1CN(C1CCCC1)C2CN. The zero-order valence-electron chi connectivity index (χ0n) is 11.4. The van der Waals surface area contributed by atoms with Crippen molar-refractivity contribution in [2.75, 3.05) is 13.7 Å². The summed E-state index contributed by atoms with van der Waals surface area (Å²) in [5.41, 5.74) is 7.67. The first kappa shape index (κ1) is 12.9. The zero-order chi connectivity index (χ0) is 13.4. The van der Waals surface area contributed by atoms with Crippen LogP contribution in [-0.4, -0.2) is 24.6 Å². The zero-order valence-corrected chi connectivity index (χ0v) is 11.4. The third-order valence-corrected chi connectivity index (χ3v) is 4.57. The molecule has 1 fully saturated rings. The van der Waals surface area contributed by atoms with Gasteiger partial charge in [-0.3, -0.25) is 4.90 Å². The number of rotatable bonds is 3. The van der Waals surface area contributed by atoms with Crippen LogP contribution < -0.4 is 10.5 Å². The minimum absolute atomic E-state index is 0.00759. The fourth-order valence-corrected chi connectivity index (χ4v) is 3.66. The lowest BCUT2D eigenvalue weighted by molar-refractivity contribution is 0.150.